The number of rotatable bonds is 5. The number of hydrogen-bond donors (Lipinski definition) is 2. The Morgan fingerprint density at radius 2 is 1.76 bits per heavy atom. The van der Waals surface area contributed by atoms with Crippen LogP contribution in [0.4, 0.5) is 10.1 Å². The fourth-order valence-electron chi connectivity index (χ4n) is 2.04. The van der Waals surface area contributed by atoms with E-state index in [4.69, 9.17) is 4.74 Å². The Balaban J connectivity index is 2.54. The molecular weight excluding hydrogens is 483 g/mol. The van der Waals surface area contributed by atoms with Crippen LogP contribution in [-0.4, -0.2) is 28.5 Å². The van der Waals surface area contributed by atoms with Gasteiger partial charge in [0.15, 0.2) is 0 Å². The lowest BCUT2D eigenvalue weighted by molar-refractivity contribution is 0.0963. The van der Waals surface area contributed by atoms with E-state index < -0.39 is 21.7 Å². The molecule has 2 N–H and O–H groups in total. The van der Waals surface area contributed by atoms with Gasteiger partial charge < -0.3 is 10.1 Å². The topological polar surface area (TPSA) is 84.5 Å². The van der Waals surface area contributed by atoms with E-state index in [9.17, 15) is 17.6 Å². The van der Waals surface area contributed by atoms with Gasteiger partial charge in [-0.1, -0.05) is 0 Å². The Labute approximate surface area is 161 Å². The number of hydrogen-bond acceptors (Lipinski definition) is 4. The maximum absolute atomic E-state index is 13.4. The first-order chi connectivity index (χ1) is 11.7. The van der Waals surface area contributed by atoms with Crippen molar-refractivity contribution >= 4 is 53.5 Å². The van der Waals surface area contributed by atoms with Crippen molar-refractivity contribution in [3.63, 3.8) is 0 Å². The van der Waals surface area contributed by atoms with E-state index >= 15 is 0 Å². The maximum Gasteiger partial charge on any atom is 0.264 e. The quantitative estimate of drug-likeness (QED) is 0.664. The molecule has 0 saturated carbocycles. The molecule has 0 unspecified atom stereocenters. The van der Waals surface area contributed by atoms with Gasteiger partial charge in [-0.3, -0.25) is 9.52 Å². The fraction of sp³-hybridized carbons (Fsp3) is 0.133. The molecule has 2 rings (SSSR count). The number of sulfonamides is 1. The minimum Gasteiger partial charge on any atom is -0.497 e. The largest absolute Gasteiger partial charge is 0.497 e. The van der Waals surface area contributed by atoms with Crippen LogP contribution in [0.15, 0.2) is 44.2 Å². The van der Waals surface area contributed by atoms with Gasteiger partial charge in [0.1, 0.15) is 16.5 Å². The Morgan fingerprint density at radius 1 is 1.16 bits per heavy atom. The van der Waals surface area contributed by atoms with Gasteiger partial charge in [0.25, 0.3) is 15.9 Å². The molecule has 0 radical (unpaired) electrons. The van der Waals surface area contributed by atoms with E-state index in [2.05, 4.69) is 41.9 Å². The monoisotopic (exact) mass is 494 g/mol. The molecule has 10 heteroatoms. The normalized spacial score (nSPS) is 11.1. The van der Waals surface area contributed by atoms with Gasteiger partial charge >= 0.3 is 0 Å². The molecule has 0 spiro atoms. The van der Waals surface area contributed by atoms with Crippen LogP contribution in [0.5, 0.6) is 5.75 Å². The van der Waals surface area contributed by atoms with Gasteiger partial charge in [-0.15, -0.1) is 0 Å². The third-order valence-corrected chi connectivity index (χ3v) is 6.42. The number of amides is 1. The number of ether oxygens (including phenoxy) is 1. The SMILES string of the molecule is CNC(=O)c1cc(OC)ccc1NS(=O)(=O)c1c(Br)cc(F)cc1Br. The zero-order valence-corrected chi connectivity index (χ0v) is 17.1. The summed E-state index contributed by atoms with van der Waals surface area (Å²) in [5.74, 6) is -0.701. The Bertz CT molecular complexity index is 912. The van der Waals surface area contributed by atoms with Crippen molar-refractivity contribution in [2.75, 3.05) is 18.9 Å². The summed E-state index contributed by atoms with van der Waals surface area (Å²) in [6, 6.07) is 6.40. The van der Waals surface area contributed by atoms with Crippen molar-refractivity contribution in [3.05, 3.63) is 50.7 Å². The first kappa shape index (κ1) is 19.7. The molecule has 0 aliphatic heterocycles. The molecule has 134 valence electrons. The van der Waals surface area contributed by atoms with E-state index in [-0.39, 0.29) is 25.1 Å². The second-order valence-electron chi connectivity index (χ2n) is 4.79. The van der Waals surface area contributed by atoms with Crippen LogP contribution >= 0.6 is 31.9 Å². The molecule has 0 saturated heterocycles. The summed E-state index contributed by atoms with van der Waals surface area (Å²) < 4.78 is 46.3. The molecule has 25 heavy (non-hydrogen) atoms. The number of carbonyl (C=O) groups excluding carboxylic acids is 1. The third-order valence-electron chi connectivity index (χ3n) is 3.17. The highest BCUT2D eigenvalue weighted by molar-refractivity contribution is 9.11. The van der Waals surface area contributed by atoms with Crippen LogP contribution in [0, 0.1) is 5.82 Å². The second-order valence-corrected chi connectivity index (χ2v) is 8.12. The molecular formula is C15H13Br2FN2O4S. The zero-order valence-electron chi connectivity index (χ0n) is 13.1. The summed E-state index contributed by atoms with van der Waals surface area (Å²) in [6.07, 6.45) is 0. The van der Waals surface area contributed by atoms with E-state index in [1.165, 1.54) is 32.4 Å². The molecule has 2 aromatic carbocycles. The summed E-state index contributed by atoms with van der Waals surface area (Å²) in [6.45, 7) is 0. The minimum atomic E-state index is -4.11. The summed E-state index contributed by atoms with van der Waals surface area (Å²) in [5, 5.41) is 2.43. The number of methoxy groups -OCH3 is 1. The Hall–Kier alpha value is -1.65. The van der Waals surface area contributed by atoms with E-state index in [0.29, 0.717) is 5.75 Å². The standard InChI is InChI=1S/C15H13Br2FN2O4S/c1-19-15(21)10-7-9(24-2)3-4-13(10)20-25(22,23)14-11(16)5-8(18)6-12(14)17/h3-7,20H,1-2H3,(H,19,21). The Morgan fingerprint density at radius 3 is 2.28 bits per heavy atom. The number of carbonyl (C=O) groups is 1. The van der Waals surface area contributed by atoms with Gasteiger partial charge in [0.2, 0.25) is 0 Å². The van der Waals surface area contributed by atoms with Gasteiger partial charge in [-0.2, -0.15) is 0 Å². The summed E-state index contributed by atoms with van der Waals surface area (Å²) >= 11 is 6.09. The molecule has 0 aliphatic rings. The van der Waals surface area contributed by atoms with E-state index in [0.717, 1.165) is 12.1 Å². The smallest absolute Gasteiger partial charge is 0.264 e. The predicted molar refractivity (Wildman–Crippen MR) is 99.0 cm³/mol. The summed E-state index contributed by atoms with van der Waals surface area (Å²) in [4.78, 5) is 11.8. The highest BCUT2D eigenvalue weighted by Gasteiger charge is 2.24. The third kappa shape index (κ3) is 4.31. The van der Waals surface area contributed by atoms with Gasteiger partial charge in [0.05, 0.1) is 18.4 Å². The van der Waals surface area contributed by atoms with Gasteiger partial charge in [0, 0.05) is 16.0 Å². The minimum absolute atomic E-state index is 0.0434. The van der Waals surface area contributed by atoms with Crippen molar-refractivity contribution in [1.82, 2.24) is 5.32 Å². The van der Waals surface area contributed by atoms with Crippen molar-refractivity contribution in [1.29, 1.82) is 0 Å². The first-order valence-electron chi connectivity index (χ1n) is 6.77. The van der Waals surface area contributed by atoms with Crippen LogP contribution < -0.4 is 14.8 Å². The molecule has 1 amide bonds. The number of benzene rings is 2. The molecule has 2 aromatic rings. The van der Waals surface area contributed by atoms with Crippen LogP contribution in [0.3, 0.4) is 0 Å². The number of halogens is 3. The van der Waals surface area contributed by atoms with Gasteiger partial charge in [-0.05, 0) is 62.2 Å². The fourth-order valence-corrected chi connectivity index (χ4v) is 5.65. The van der Waals surface area contributed by atoms with E-state index in [1.807, 2.05) is 0 Å². The zero-order chi connectivity index (χ0) is 18.8. The number of anilines is 1. The Kier molecular flexibility index (Phi) is 6.07. The lowest BCUT2D eigenvalue weighted by Crippen LogP contribution is -2.22. The van der Waals surface area contributed by atoms with Crippen molar-refractivity contribution in [3.8, 4) is 5.75 Å². The van der Waals surface area contributed by atoms with Crippen LogP contribution in [-0.2, 0) is 10.0 Å². The molecule has 0 bridgehead atoms. The van der Waals surface area contributed by atoms with Crippen molar-refractivity contribution in [2.24, 2.45) is 0 Å². The summed E-state index contributed by atoms with van der Waals surface area (Å²) in [7, 11) is -1.25. The van der Waals surface area contributed by atoms with Crippen LogP contribution in [0.2, 0.25) is 0 Å². The van der Waals surface area contributed by atoms with Crippen LogP contribution in [0.25, 0.3) is 0 Å². The van der Waals surface area contributed by atoms with Crippen LogP contribution in [0.1, 0.15) is 10.4 Å². The van der Waals surface area contributed by atoms with Crippen molar-refractivity contribution < 1.29 is 22.3 Å². The molecule has 0 aliphatic carbocycles. The predicted octanol–water partition coefficient (Wildman–Crippen LogP) is 3.52. The van der Waals surface area contributed by atoms with E-state index in [1.54, 1.807) is 0 Å². The highest BCUT2D eigenvalue weighted by Crippen LogP contribution is 2.33. The molecule has 6 nitrogen and oxygen atoms in total. The lowest BCUT2D eigenvalue weighted by Gasteiger charge is -2.15. The number of nitrogens with one attached hydrogen (secondary N) is 2. The average Bonchev–Trinajstić information content (AvgIpc) is 2.52. The molecule has 0 atom stereocenters. The maximum atomic E-state index is 13.4. The second kappa shape index (κ2) is 7.71. The molecule has 0 fully saturated rings. The average molecular weight is 496 g/mol. The van der Waals surface area contributed by atoms with Crippen molar-refractivity contribution in [2.45, 2.75) is 4.90 Å². The summed E-state index contributed by atoms with van der Waals surface area (Å²) in [5.41, 5.74) is 0.142. The first-order valence-corrected chi connectivity index (χ1v) is 9.84. The van der Waals surface area contributed by atoms with Gasteiger partial charge in [-0.25, -0.2) is 12.8 Å². The lowest BCUT2D eigenvalue weighted by atomic mass is 10.1. The molecule has 0 aromatic heterocycles. The molecule has 0 heterocycles. The highest BCUT2D eigenvalue weighted by atomic mass is 79.9.